The second kappa shape index (κ2) is 16.7. The van der Waals surface area contributed by atoms with Gasteiger partial charge in [0.25, 0.3) is 0 Å². The molecule has 0 spiro atoms. The molecule has 0 N–H and O–H groups in total. The lowest BCUT2D eigenvalue weighted by atomic mass is 9.73. The lowest BCUT2D eigenvalue weighted by Crippen LogP contribution is -2.39. The lowest BCUT2D eigenvalue weighted by Gasteiger charge is -2.33. The molecule has 0 aliphatic heterocycles. The van der Waals surface area contributed by atoms with Crippen LogP contribution in [0.1, 0.15) is 117 Å². The van der Waals surface area contributed by atoms with Crippen molar-refractivity contribution in [3.63, 3.8) is 0 Å². The van der Waals surface area contributed by atoms with Crippen molar-refractivity contribution in [3.05, 3.63) is 0 Å². The highest BCUT2D eigenvalue weighted by Gasteiger charge is 2.41. The number of ether oxygens (including phenoxy) is 2. The van der Waals surface area contributed by atoms with Gasteiger partial charge in [-0.25, -0.2) is 0 Å². The number of hydrogen-bond donors (Lipinski definition) is 0. The molecular weight excluding hydrogens is 364 g/mol. The molecule has 1 rings (SSSR count). The zero-order valence-electron chi connectivity index (χ0n) is 19.4. The fourth-order valence-corrected chi connectivity index (χ4v) is 4.39. The molecule has 0 aromatic rings. The average molecular weight is 411 g/mol. The van der Waals surface area contributed by atoms with Gasteiger partial charge < -0.3 is 9.47 Å². The fraction of sp³-hybridized carbons (Fsp3) is 0.920. The number of hydrogen-bond acceptors (Lipinski definition) is 4. The van der Waals surface area contributed by atoms with Gasteiger partial charge >= 0.3 is 11.9 Å². The summed E-state index contributed by atoms with van der Waals surface area (Å²) in [5.41, 5.74) is 0. The van der Waals surface area contributed by atoms with E-state index in [1.54, 1.807) is 0 Å². The molecule has 1 aliphatic rings. The zero-order chi connectivity index (χ0) is 21.3. The fourth-order valence-electron chi connectivity index (χ4n) is 4.39. The zero-order valence-corrected chi connectivity index (χ0v) is 19.4. The van der Waals surface area contributed by atoms with Crippen LogP contribution in [0.2, 0.25) is 0 Å². The molecule has 4 nitrogen and oxygen atoms in total. The first-order chi connectivity index (χ1) is 14.1. The molecule has 0 amide bonds. The summed E-state index contributed by atoms with van der Waals surface area (Å²) in [7, 11) is 0. The minimum Gasteiger partial charge on any atom is -0.465 e. The minimum atomic E-state index is -0.333. The molecule has 0 aromatic carbocycles. The maximum Gasteiger partial charge on any atom is 0.310 e. The van der Waals surface area contributed by atoms with E-state index in [9.17, 15) is 9.59 Å². The predicted molar refractivity (Wildman–Crippen MR) is 119 cm³/mol. The van der Waals surface area contributed by atoms with Crippen LogP contribution in [-0.2, 0) is 19.1 Å². The molecule has 0 bridgehead atoms. The normalized spacial score (nSPS) is 21.7. The summed E-state index contributed by atoms with van der Waals surface area (Å²) in [6.45, 7) is 7.46. The van der Waals surface area contributed by atoms with Gasteiger partial charge in [-0.1, -0.05) is 91.4 Å². The summed E-state index contributed by atoms with van der Waals surface area (Å²) < 4.78 is 11.1. The molecule has 3 atom stereocenters. The summed E-state index contributed by atoms with van der Waals surface area (Å²) in [5.74, 6) is -0.844. The highest BCUT2D eigenvalue weighted by atomic mass is 16.5. The quantitative estimate of drug-likeness (QED) is 0.206. The first-order valence-corrected chi connectivity index (χ1v) is 12.4. The van der Waals surface area contributed by atoms with Gasteiger partial charge in [0.1, 0.15) is 0 Å². The Kier molecular flexibility index (Phi) is 15.0. The predicted octanol–water partition coefficient (Wildman–Crippen LogP) is 6.85. The van der Waals surface area contributed by atoms with E-state index < -0.39 is 0 Å². The van der Waals surface area contributed by atoms with Gasteiger partial charge in [-0.2, -0.15) is 0 Å². The molecule has 0 saturated heterocycles. The largest absolute Gasteiger partial charge is 0.465 e. The molecule has 0 radical (unpaired) electrons. The summed E-state index contributed by atoms with van der Waals surface area (Å²) in [5, 5.41) is 0. The molecule has 3 unspecified atom stereocenters. The van der Waals surface area contributed by atoms with Gasteiger partial charge in [-0.3, -0.25) is 9.59 Å². The SMILES string of the molecule is CCCCCCCCOC(=O)C1CCCC(C)C1C(=O)OCCCCCCCC. The number of rotatable bonds is 16. The standard InChI is InChI=1S/C25H46O4/c1-4-6-8-10-12-14-19-28-24(26)22-18-16-17-21(3)23(22)25(27)29-20-15-13-11-9-7-5-2/h21-23H,4-20H2,1-3H3. The monoisotopic (exact) mass is 410 g/mol. The van der Waals surface area contributed by atoms with Crippen molar-refractivity contribution in [1.29, 1.82) is 0 Å². The third kappa shape index (κ3) is 11.1. The van der Waals surface area contributed by atoms with Crippen LogP contribution in [0.25, 0.3) is 0 Å². The van der Waals surface area contributed by atoms with Gasteiger partial charge in [0, 0.05) is 0 Å². The van der Waals surface area contributed by atoms with Crippen LogP contribution in [0, 0.1) is 17.8 Å². The molecule has 1 fully saturated rings. The third-order valence-corrected chi connectivity index (χ3v) is 6.28. The highest BCUT2D eigenvalue weighted by molar-refractivity contribution is 5.82. The van der Waals surface area contributed by atoms with E-state index in [0.29, 0.717) is 13.2 Å². The molecular formula is C25H46O4. The van der Waals surface area contributed by atoms with Crippen molar-refractivity contribution in [2.75, 3.05) is 13.2 Å². The van der Waals surface area contributed by atoms with Crippen molar-refractivity contribution in [2.45, 2.75) is 117 Å². The van der Waals surface area contributed by atoms with Crippen molar-refractivity contribution in [2.24, 2.45) is 17.8 Å². The second-order valence-electron chi connectivity index (χ2n) is 8.91. The second-order valence-corrected chi connectivity index (χ2v) is 8.91. The topological polar surface area (TPSA) is 52.6 Å². The Morgan fingerprint density at radius 1 is 0.690 bits per heavy atom. The third-order valence-electron chi connectivity index (χ3n) is 6.28. The minimum absolute atomic E-state index is 0.187. The van der Waals surface area contributed by atoms with E-state index in [1.165, 1.54) is 51.4 Å². The highest BCUT2D eigenvalue weighted by Crippen LogP contribution is 2.36. The molecule has 1 saturated carbocycles. The summed E-state index contributed by atoms with van der Waals surface area (Å²) in [6, 6.07) is 0. The molecule has 29 heavy (non-hydrogen) atoms. The van der Waals surface area contributed by atoms with E-state index in [2.05, 4.69) is 20.8 Å². The van der Waals surface area contributed by atoms with Gasteiger partial charge in [-0.05, 0) is 31.6 Å². The Morgan fingerprint density at radius 3 is 1.72 bits per heavy atom. The van der Waals surface area contributed by atoms with Crippen molar-refractivity contribution in [3.8, 4) is 0 Å². The molecule has 0 aromatic heterocycles. The van der Waals surface area contributed by atoms with Gasteiger partial charge in [0.15, 0.2) is 0 Å². The molecule has 0 heterocycles. The van der Waals surface area contributed by atoms with Crippen LogP contribution >= 0.6 is 0 Å². The maximum absolute atomic E-state index is 12.7. The number of carbonyl (C=O) groups is 2. The van der Waals surface area contributed by atoms with Crippen LogP contribution in [0.15, 0.2) is 0 Å². The first-order valence-electron chi connectivity index (χ1n) is 12.4. The van der Waals surface area contributed by atoms with E-state index in [-0.39, 0.29) is 29.7 Å². The van der Waals surface area contributed by atoms with E-state index in [1.807, 2.05) is 0 Å². The molecule has 170 valence electrons. The van der Waals surface area contributed by atoms with Crippen molar-refractivity contribution < 1.29 is 19.1 Å². The van der Waals surface area contributed by atoms with E-state index in [0.717, 1.165) is 44.9 Å². The van der Waals surface area contributed by atoms with Gasteiger partial charge in [0.2, 0.25) is 0 Å². The van der Waals surface area contributed by atoms with E-state index in [4.69, 9.17) is 9.47 Å². The van der Waals surface area contributed by atoms with Crippen LogP contribution in [0.5, 0.6) is 0 Å². The number of esters is 2. The average Bonchev–Trinajstić information content (AvgIpc) is 2.72. The Labute approximate surface area is 179 Å². The van der Waals surface area contributed by atoms with Crippen molar-refractivity contribution >= 4 is 11.9 Å². The van der Waals surface area contributed by atoms with E-state index >= 15 is 0 Å². The molecule has 1 aliphatic carbocycles. The van der Waals surface area contributed by atoms with Crippen LogP contribution < -0.4 is 0 Å². The first kappa shape index (κ1) is 26.0. The van der Waals surface area contributed by atoms with Crippen LogP contribution in [0.3, 0.4) is 0 Å². The van der Waals surface area contributed by atoms with Gasteiger partial charge in [-0.15, -0.1) is 0 Å². The summed E-state index contributed by atoms with van der Waals surface area (Å²) in [6.07, 6.45) is 16.8. The van der Waals surface area contributed by atoms with Crippen LogP contribution in [0.4, 0.5) is 0 Å². The molecule has 4 heteroatoms. The summed E-state index contributed by atoms with van der Waals surface area (Å²) >= 11 is 0. The Morgan fingerprint density at radius 2 is 1.17 bits per heavy atom. The van der Waals surface area contributed by atoms with Crippen molar-refractivity contribution in [1.82, 2.24) is 0 Å². The lowest BCUT2D eigenvalue weighted by molar-refractivity contribution is -0.165. The van der Waals surface area contributed by atoms with Crippen LogP contribution in [-0.4, -0.2) is 25.2 Å². The Hall–Kier alpha value is -1.06. The smallest absolute Gasteiger partial charge is 0.310 e. The maximum atomic E-state index is 12.7. The Balaban J connectivity index is 2.33. The Bertz CT molecular complexity index is 435. The number of carbonyl (C=O) groups excluding carboxylic acids is 2. The van der Waals surface area contributed by atoms with Gasteiger partial charge in [0.05, 0.1) is 25.0 Å². The summed E-state index contributed by atoms with van der Waals surface area (Å²) in [4.78, 5) is 25.3. The number of unbranched alkanes of at least 4 members (excludes halogenated alkanes) is 10.